The largest absolute Gasteiger partial charge is 0.375 e. The van der Waals surface area contributed by atoms with Gasteiger partial charge in [-0.1, -0.05) is 12.2 Å². The third-order valence-electron chi connectivity index (χ3n) is 4.52. The first-order valence-electron chi connectivity index (χ1n) is 7.01. The molecule has 2 fully saturated rings. The summed E-state index contributed by atoms with van der Waals surface area (Å²) in [6.45, 7) is 1.15. The molecule has 0 aromatic rings. The van der Waals surface area contributed by atoms with Crippen LogP contribution in [-0.2, 0) is 14.3 Å². The molecule has 0 bridgehead atoms. The number of fused-ring (bicyclic) bond motifs is 1. The molecule has 0 aromatic carbocycles. The molecule has 5 heteroatoms. The van der Waals surface area contributed by atoms with E-state index in [1.165, 1.54) is 0 Å². The third-order valence-corrected chi connectivity index (χ3v) is 4.52. The minimum atomic E-state index is -0.212. The van der Waals surface area contributed by atoms with Crippen LogP contribution in [0.4, 0.5) is 0 Å². The number of nitrogens with one attached hydrogen (secondary N) is 1. The van der Waals surface area contributed by atoms with Crippen molar-refractivity contribution in [2.75, 3.05) is 20.2 Å². The summed E-state index contributed by atoms with van der Waals surface area (Å²) < 4.78 is 5.69. The lowest BCUT2D eigenvalue weighted by molar-refractivity contribution is -0.136. The molecule has 19 heavy (non-hydrogen) atoms. The van der Waals surface area contributed by atoms with Gasteiger partial charge in [-0.05, 0) is 19.3 Å². The van der Waals surface area contributed by atoms with Crippen molar-refractivity contribution in [2.24, 2.45) is 11.8 Å². The van der Waals surface area contributed by atoms with E-state index in [-0.39, 0.29) is 35.8 Å². The van der Waals surface area contributed by atoms with Crippen molar-refractivity contribution in [1.82, 2.24) is 10.2 Å². The topological polar surface area (TPSA) is 58.6 Å². The van der Waals surface area contributed by atoms with E-state index in [9.17, 15) is 9.59 Å². The van der Waals surface area contributed by atoms with Gasteiger partial charge < -0.3 is 15.0 Å². The summed E-state index contributed by atoms with van der Waals surface area (Å²) in [6, 6.07) is 0.0930. The third kappa shape index (κ3) is 2.06. The Bertz CT molecular complexity index is 413. The maximum atomic E-state index is 12.5. The lowest BCUT2D eigenvalue weighted by Crippen LogP contribution is -2.40. The molecule has 3 atom stereocenters. The number of allylic oxidation sites excluding steroid dienone is 2. The SMILES string of the molecule is CNC(=O)[C@H]1CN(C(=O)C2CC=CC2)[C@@H]2CCO[C@H]12. The molecular formula is C14H20N2O3. The van der Waals surface area contributed by atoms with Gasteiger partial charge in [0.1, 0.15) is 0 Å². The Morgan fingerprint density at radius 2 is 2.05 bits per heavy atom. The van der Waals surface area contributed by atoms with Crippen LogP contribution in [0.15, 0.2) is 12.2 Å². The zero-order valence-electron chi connectivity index (χ0n) is 11.2. The van der Waals surface area contributed by atoms with Gasteiger partial charge in [0.15, 0.2) is 0 Å². The summed E-state index contributed by atoms with van der Waals surface area (Å²) in [4.78, 5) is 26.3. The van der Waals surface area contributed by atoms with Crippen molar-refractivity contribution in [1.29, 1.82) is 0 Å². The Kier molecular flexibility index (Phi) is 3.31. The Hall–Kier alpha value is -1.36. The van der Waals surface area contributed by atoms with E-state index in [2.05, 4.69) is 17.5 Å². The molecule has 0 aromatic heterocycles. The maximum Gasteiger partial charge on any atom is 0.227 e. The van der Waals surface area contributed by atoms with Gasteiger partial charge in [0.05, 0.1) is 18.1 Å². The van der Waals surface area contributed by atoms with Gasteiger partial charge >= 0.3 is 0 Å². The standard InChI is InChI=1S/C14H20N2O3/c1-15-13(17)10-8-16(11-6-7-19-12(10)11)14(18)9-4-2-3-5-9/h2-3,9-12H,4-8H2,1H3,(H,15,17)/t10-,11+,12+/m0/s1. The summed E-state index contributed by atoms with van der Waals surface area (Å²) in [7, 11) is 1.64. The Morgan fingerprint density at radius 3 is 2.74 bits per heavy atom. The summed E-state index contributed by atoms with van der Waals surface area (Å²) in [5.41, 5.74) is 0. The van der Waals surface area contributed by atoms with Crippen molar-refractivity contribution < 1.29 is 14.3 Å². The fourth-order valence-electron chi connectivity index (χ4n) is 3.49. The molecule has 1 aliphatic carbocycles. The fraction of sp³-hybridized carbons (Fsp3) is 0.714. The molecular weight excluding hydrogens is 244 g/mol. The number of hydrogen-bond acceptors (Lipinski definition) is 3. The highest BCUT2D eigenvalue weighted by molar-refractivity contribution is 5.84. The van der Waals surface area contributed by atoms with E-state index < -0.39 is 0 Å². The second-order valence-electron chi connectivity index (χ2n) is 5.54. The highest BCUT2D eigenvalue weighted by atomic mass is 16.5. The molecule has 0 radical (unpaired) electrons. The molecule has 5 nitrogen and oxygen atoms in total. The van der Waals surface area contributed by atoms with Crippen LogP contribution in [0.5, 0.6) is 0 Å². The fourth-order valence-corrected chi connectivity index (χ4v) is 3.49. The predicted octanol–water partition coefficient (Wildman–Crippen LogP) is 0.315. The lowest BCUT2D eigenvalue weighted by Gasteiger charge is -2.25. The zero-order valence-corrected chi connectivity index (χ0v) is 11.2. The van der Waals surface area contributed by atoms with Crippen molar-refractivity contribution in [2.45, 2.75) is 31.4 Å². The number of carbonyl (C=O) groups excluding carboxylic acids is 2. The molecule has 0 unspecified atom stereocenters. The highest BCUT2D eigenvalue weighted by Crippen LogP contribution is 2.35. The quantitative estimate of drug-likeness (QED) is 0.731. The maximum absolute atomic E-state index is 12.5. The van der Waals surface area contributed by atoms with Crippen LogP contribution in [0.2, 0.25) is 0 Å². The zero-order chi connectivity index (χ0) is 13.4. The van der Waals surface area contributed by atoms with E-state index in [4.69, 9.17) is 4.74 Å². The van der Waals surface area contributed by atoms with Gasteiger partial charge in [-0.25, -0.2) is 0 Å². The van der Waals surface area contributed by atoms with Crippen LogP contribution in [0, 0.1) is 11.8 Å². The molecule has 2 amide bonds. The van der Waals surface area contributed by atoms with Crippen LogP contribution in [-0.4, -0.2) is 49.1 Å². The molecule has 2 saturated heterocycles. The first kappa shape index (κ1) is 12.7. The number of hydrogen-bond donors (Lipinski definition) is 1. The van der Waals surface area contributed by atoms with E-state index in [0.29, 0.717) is 13.2 Å². The van der Waals surface area contributed by atoms with Gasteiger partial charge in [0.2, 0.25) is 11.8 Å². The molecule has 2 aliphatic heterocycles. The van der Waals surface area contributed by atoms with E-state index in [1.807, 2.05) is 4.90 Å². The molecule has 0 saturated carbocycles. The van der Waals surface area contributed by atoms with Crippen LogP contribution >= 0.6 is 0 Å². The molecule has 2 heterocycles. The number of likely N-dealkylation sites (tertiary alicyclic amines) is 1. The Labute approximate surface area is 113 Å². The average molecular weight is 264 g/mol. The van der Waals surface area contributed by atoms with Gasteiger partial charge in [-0.3, -0.25) is 9.59 Å². The van der Waals surface area contributed by atoms with Gasteiger partial charge in [-0.2, -0.15) is 0 Å². The van der Waals surface area contributed by atoms with Crippen LogP contribution in [0.1, 0.15) is 19.3 Å². The molecule has 0 spiro atoms. The van der Waals surface area contributed by atoms with E-state index in [0.717, 1.165) is 19.3 Å². The Morgan fingerprint density at radius 1 is 1.32 bits per heavy atom. The van der Waals surface area contributed by atoms with Crippen LogP contribution in [0.3, 0.4) is 0 Å². The smallest absolute Gasteiger partial charge is 0.227 e. The lowest BCUT2D eigenvalue weighted by atomic mass is 10.0. The first-order valence-corrected chi connectivity index (χ1v) is 7.01. The average Bonchev–Trinajstić information content (AvgIpc) is 3.12. The number of nitrogens with zero attached hydrogens (tertiary/aromatic N) is 1. The molecule has 104 valence electrons. The van der Waals surface area contributed by atoms with Crippen LogP contribution < -0.4 is 5.32 Å². The molecule has 3 aliphatic rings. The monoisotopic (exact) mass is 264 g/mol. The second kappa shape index (κ2) is 4.96. The second-order valence-corrected chi connectivity index (χ2v) is 5.54. The highest BCUT2D eigenvalue weighted by Gasteiger charge is 2.50. The first-order chi connectivity index (χ1) is 9.22. The van der Waals surface area contributed by atoms with E-state index >= 15 is 0 Å². The van der Waals surface area contributed by atoms with Gasteiger partial charge in [0.25, 0.3) is 0 Å². The number of amides is 2. The van der Waals surface area contributed by atoms with Crippen LogP contribution in [0.25, 0.3) is 0 Å². The number of carbonyl (C=O) groups is 2. The van der Waals surface area contributed by atoms with Crippen molar-refractivity contribution in [3.8, 4) is 0 Å². The minimum absolute atomic E-state index is 0.0169. The van der Waals surface area contributed by atoms with Crippen molar-refractivity contribution in [3.63, 3.8) is 0 Å². The number of ether oxygens (including phenoxy) is 1. The Balaban J connectivity index is 1.75. The number of rotatable bonds is 2. The molecule has 1 N–H and O–H groups in total. The summed E-state index contributed by atoms with van der Waals surface area (Å²) in [6.07, 6.45) is 6.54. The van der Waals surface area contributed by atoms with Gasteiger partial charge in [-0.15, -0.1) is 0 Å². The normalized spacial score (nSPS) is 33.7. The summed E-state index contributed by atoms with van der Waals surface area (Å²) in [5.74, 6) is 0.0363. The van der Waals surface area contributed by atoms with Crippen molar-refractivity contribution >= 4 is 11.8 Å². The summed E-state index contributed by atoms with van der Waals surface area (Å²) >= 11 is 0. The predicted molar refractivity (Wildman–Crippen MR) is 69.3 cm³/mol. The van der Waals surface area contributed by atoms with E-state index in [1.54, 1.807) is 7.05 Å². The van der Waals surface area contributed by atoms with Crippen molar-refractivity contribution in [3.05, 3.63) is 12.2 Å². The molecule has 3 rings (SSSR count). The van der Waals surface area contributed by atoms with Gasteiger partial charge in [0, 0.05) is 26.1 Å². The summed E-state index contributed by atoms with van der Waals surface area (Å²) in [5, 5.41) is 2.68. The minimum Gasteiger partial charge on any atom is -0.375 e.